The van der Waals surface area contributed by atoms with Gasteiger partial charge in [0, 0.05) is 25.2 Å². The zero-order chi connectivity index (χ0) is 32.3. The highest BCUT2D eigenvalue weighted by Gasteiger charge is 2.28. The van der Waals surface area contributed by atoms with Gasteiger partial charge in [-0.3, -0.25) is 19.2 Å². The lowest BCUT2D eigenvalue weighted by Gasteiger charge is -2.23. The number of carbonyl (C=O) groups is 5. The summed E-state index contributed by atoms with van der Waals surface area (Å²) in [6.45, 7) is 2.79. The van der Waals surface area contributed by atoms with Crippen LogP contribution in [0.5, 0.6) is 0 Å². The molecule has 0 fully saturated rings. The van der Waals surface area contributed by atoms with E-state index in [1.807, 2.05) is 42.5 Å². The van der Waals surface area contributed by atoms with Crippen LogP contribution in [-0.2, 0) is 36.9 Å². The van der Waals surface area contributed by atoms with Gasteiger partial charge in [0.05, 0.1) is 18.7 Å². The Morgan fingerprint density at radius 1 is 1.09 bits per heavy atom. The number of hydrogen-bond donors (Lipinski definition) is 3. The monoisotopic (exact) mass is 632 g/mol. The summed E-state index contributed by atoms with van der Waals surface area (Å²) < 4.78 is 20.2. The number of benzene rings is 2. The molecule has 2 aromatic carbocycles. The lowest BCUT2D eigenvalue weighted by Crippen LogP contribution is -2.47. The molecule has 0 radical (unpaired) electrons. The van der Waals surface area contributed by atoms with E-state index < -0.39 is 41.7 Å². The van der Waals surface area contributed by atoms with Gasteiger partial charge in [0.25, 0.3) is 11.8 Å². The minimum Gasteiger partial charge on any atom is -0.456 e. The first kappa shape index (κ1) is 33.1. The van der Waals surface area contributed by atoms with E-state index in [-0.39, 0.29) is 41.6 Å². The van der Waals surface area contributed by atoms with Gasteiger partial charge in [0.2, 0.25) is 5.91 Å². The van der Waals surface area contributed by atoms with Gasteiger partial charge in [0.1, 0.15) is 29.4 Å². The Labute approximate surface area is 263 Å². The number of pyridine rings is 1. The lowest BCUT2D eigenvalue weighted by atomic mass is 9.98. The molecule has 0 aliphatic carbocycles. The Balaban J connectivity index is 1.69. The average molecular weight is 633 g/mol. The highest BCUT2D eigenvalue weighted by atomic mass is 32.2. The molecule has 2 atom stereocenters. The van der Waals surface area contributed by atoms with Crippen LogP contribution in [0.25, 0.3) is 10.8 Å². The molecule has 1 aliphatic rings. The summed E-state index contributed by atoms with van der Waals surface area (Å²) in [5.41, 5.74) is 0.364. The van der Waals surface area contributed by atoms with Crippen molar-refractivity contribution >= 4 is 51.3 Å². The van der Waals surface area contributed by atoms with E-state index in [0.29, 0.717) is 12.2 Å². The third-order valence-corrected chi connectivity index (χ3v) is 7.66. The molecule has 1 aliphatic heterocycles. The number of halogens is 1. The Morgan fingerprint density at radius 2 is 1.87 bits per heavy atom. The van der Waals surface area contributed by atoms with Crippen LogP contribution in [-0.4, -0.2) is 51.7 Å². The molecule has 0 spiro atoms. The molecule has 10 nitrogen and oxygen atoms in total. The van der Waals surface area contributed by atoms with Crippen molar-refractivity contribution < 1.29 is 33.1 Å². The fourth-order valence-electron chi connectivity index (χ4n) is 4.67. The van der Waals surface area contributed by atoms with E-state index in [1.54, 1.807) is 12.2 Å². The number of nitrogens with zero attached hydrogens (tertiary/aromatic N) is 1. The molecule has 234 valence electrons. The van der Waals surface area contributed by atoms with Crippen LogP contribution in [0.15, 0.2) is 78.5 Å². The predicted octanol–water partition coefficient (Wildman–Crippen LogP) is 3.89. The van der Waals surface area contributed by atoms with Gasteiger partial charge >= 0.3 is 5.97 Å². The third kappa shape index (κ3) is 9.57. The number of ether oxygens (including phenoxy) is 1. The average Bonchev–Trinajstić information content (AvgIpc) is 3.01. The van der Waals surface area contributed by atoms with Crippen molar-refractivity contribution in [2.75, 3.05) is 5.75 Å². The second-order valence-electron chi connectivity index (χ2n) is 10.2. The SMILES string of the molecule is C/C=C1\NC(=O)c2cc(F)cc(n2)CNC(=O)C[C@@H](/C=C/CCSC(C)=O)OC(=O)[C@H](Cc2cccc3ccccc23)NC1=O. The van der Waals surface area contributed by atoms with Crippen molar-refractivity contribution in [1.82, 2.24) is 20.9 Å². The Morgan fingerprint density at radius 3 is 2.64 bits per heavy atom. The molecular formula is C33H33FN4O6S. The first-order chi connectivity index (χ1) is 21.6. The lowest BCUT2D eigenvalue weighted by molar-refractivity contribution is -0.151. The fraction of sp³-hybridized carbons (Fsp3) is 0.273. The normalized spacial score (nSPS) is 19.2. The van der Waals surface area contributed by atoms with Gasteiger partial charge in [-0.05, 0) is 41.8 Å². The number of thioether (sulfide) groups is 1. The zero-order valence-electron chi connectivity index (χ0n) is 24.8. The zero-order valence-corrected chi connectivity index (χ0v) is 25.6. The molecule has 0 saturated carbocycles. The van der Waals surface area contributed by atoms with Crippen molar-refractivity contribution in [3.05, 3.63) is 101 Å². The van der Waals surface area contributed by atoms with Gasteiger partial charge in [-0.15, -0.1) is 0 Å². The van der Waals surface area contributed by atoms with Crippen LogP contribution in [0.2, 0.25) is 0 Å². The van der Waals surface area contributed by atoms with Crippen molar-refractivity contribution in [2.45, 2.75) is 51.8 Å². The summed E-state index contributed by atoms with van der Waals surface area (Å²) in [6, 6.07) is 14.0. The smallest absolute Gasteiger partial charge is 0.329 e. The van der Waals surface area contributed by atoms with Crippen molar-refractivity contribution in [3.63, 3.8) is 0 Å². The second-order valence-corrected chi connectivity index (χ2v) is 11.5. The Hall–Kier alpha value is -4.84. The maximum Gasteiger partial charge on any atom is 0.329 e. The number of nitrogens with one attached hydrogen (secondary N) is 3. The summed E-state index contributed by atoms with van der Waals surface area (Å²) in [5.74, 6) is -3.18. The van der Waals surface area contributed by atoms with Crippen LogP contribution >= 0.6 is 11.8 Å². The summed E-state index contributed by atoms with van der Waals surface area (Å²) in [5, 5.41) is 9.50. The first-order valence-corrected chi connectivity index (χ1v) is 15.3. The van der Waals surface area contributed by atoms with Gasteiger partial charge in [-0.25, -0.2) is 14.2 Å². The molecule has 45 heavy (non-hydrogen) atoms. The van der Waals surface area contributed by atoms with E-state index >= 15 is 0 Å². The molecule has 3 aromatic rings. The predicted molar refractivity (Wildman–Crippen MR) is 168 cm³/mol. The van der Waals surface area contributed by atoms with Crippen molar-refractivity contribution in [3.8, 4) is 0 Å². The molecule has 2 heterocycles. The Bertz CT molecular complexity index is 1670. The quantitative estimate of drug-likeness (QED) is 0.161. The minimum atomic E-state index is -1.21. The summed E-state index contributed by atoms with van der Waals surface area (Å²) in [4.78, 5) is 68.4. The van der Waals surface area contributed by atoms with Crippen molar-refractivity contribution in [2.24, 2.45) is 0 Å². The number of cyclic esters (lactones) is 1. The molecule has 3 amide bonds. The van der Waals surface area contributed by atoms with E-state index in [4.69, 9.17) is 4.74 Å². The summed E-state index contributed by atoms with van der Waals surface area (Å²) in [7, 11) is 0. The summed E-state index contributed by atoms with van der Waals surface area (Å²) >= 11 is 1.15. The van der Waals surface area contributed by atoms with E-state index in [1.165, 1.54) is 19.9 Å². The first-order valence-electron chi connectivity index (χ1n) is 14.3. The van der Waals surface area contributed by atoms with Crippen LogP contribution in [0.1, 0.15) is 48.4 Å². The topological polar surface area (TPSA) is 144 Å². The number of amides is 3. The Kier molecular flexibility index (Phi) is 11.6. The number of hydrogen-bond acceptors (Lipinski definition) is 8. The molecule has 1 aromatic heterocycles. The van der Waals surface area contributed by atoms with Gasteiger partial charge < -0.3 is 20.7 Å². The number of rotatable bonds is 6. The largest absolute Gasteiger partial charge is 0.456 e. The maximum absolute atomic E-state index is 14.4. The van der Waals surface area contributed by atoms with E-state index in [0.717, 1.165) is 40.2 Å². The molecule has 0 saturated heterocycles. The summed E-state index contributed by atoms with van der Waals surface area (Å²) in [6.07, 6.45) is 3.86. The van der Waals surface area contributed by atoms with E-state index in [9.17, 15) is 28.4 Å². The van der Waals surface area contributed by atoms with Gasteiger partial charge in [-0.2, -0.15) is 0 Å². The molecule has 4 rings (SSSR count). The highest BCUT2D eigenvalue weighted by molar-refractivity contribution is 8.13. The van der Waals surface area contributed by atoms with Crippen LogP contribution in [0, 0.1) is 5.82 Å². The number of aromatic nitrogens is 1. The van der Waals surface area contributed by atoms with Gasteiger partial charge in [-0.1, -0.05) is 66.4 Å². The van der Waals surface area contributed by atoms with E-state index in [2.05, 4.69) is 20.9 Å². The minimum absolute atomic E-state index is 0.0308. The fourth-order valence-corrected chi connectivity index (χ4v) is 5.21. The standard InChI is InChI=1S/C33H33FN4O6S/c1-3-27-31(41)38-29(15-22-11-8-10-21-9-4-5-13-26(21)22)33(43)44-25(12-6-7-14-45-20(2)39)18-30(40)35-19-24-16-23(34)17-28(36-24)32(42)37-27/h3-6,8-13,16-17,25,29H,7,14-15,18-19H2,1-2H3,(H,35,40)(H,37,42)(H,38,41)/b12-6+,27-3-/t25-,29+/m1/s1. The van der Waals surface area contributed by atoms with Crippen LogP contribution in [0.4, 0.5) is 4.39 Å². The second kappa shape index (κ2) is 15.8. The van der Waals surface area contributed by atoms with Crippen LogP contribution in [0.3, 0.4) is 0 Å². The number of esters is 1. The maximum atomic E-state index is 14.4. The molecule has 3 N–H and O–H groups in total. The number of carbonyl (C=O) groups excluding carboxylic acids is 5. The third-order valence-electron chi connectivity index (χ3n) is 6.81. The van der Waals surface area contributed by atoms with Crippen molar-refractivity contribution in [1.29, 1.82) is 0 Å². The highest BCUT2D eigenvalue weighted by Crippen LogP contribution is 2.21. The number of fused-ring (bicyclic) bond motifs is 3. The molecule has 0 unspecified atom stereocenters. The molecule has 2 bridgehead atoms. The molecule has 12 heteroatoms. The van der Waals surface area contributed by atoms with Gasteiger partial charge in [0.15, 0.2) is 5.12 Å². The van der Waals surface area contributed by atoms with Crippen LogP contribution < -0.4 is 16.0 Å². The molecular weight excluding hydrogens is 599 g/mol. The number of allylic oxidation sites excluding steroid dienone is 2.